The predicted molar refractivity (Wildman–Crippen MR) is 71.1 cm³/mol. The maximum atomic E-state index is 9.21. The van der Waals surface area contributed by atoms with Crippen LogP contribution in [0.4, 0.5) is 5.69 Å². The van der Waals surface area contributed by atoms with E-state index in [4.69, 9.17) is 4.74 Å². The molecule has 3 rings (SSSR count). The van der Waals surface area contributed by atoms with Gasteiger partial charge in [-0.1, -0.05) is 12.1 Å². The monoisotopic (exact) mass is 241 g/mol. The summed E-state index contributed by atoms with van der Waals surface area (Å²) < 4.78 is 5.48. The first kappa shape index (κ1) is 11.0. The topological polar surface area (TPSA) is 41.5 Å². The lowest BCUT2D eigenvalue weighted by atomic mass is 10.1. The minimum absolute atomic E-state index is 0.287. The summed E-state index contributed by atoms with van der Waals surface area (Å²) in [6.07, 6.45) is 1.00. The molecule has 18 heavy (non-hydrogen) atoms. The zero-order chi connectivity index (χ0) is 12.4. The van der Waals surface area contributed by atoms with Gasteiger partial charge >= 0.3 is 0 Å². The first-order valence-electron chi connectivity index (χ1n) is 6.09. The summed E-state index contributed by atoms with van der Waals surface area (Å²) in [7, 11) is 0. The molecular weight excluding hydrogens is 226 g/mol. The zero-order valence-corrected chi connectivity index (χ0v) is 10.0. The van der Waals surface area contributed by atoms with Gasteiger partial charge in [-0.3, -0.25) is 0 Å². The SMILES string of the molecule is Oc1ccc(NCc2ccc3c(c2)CCO3)cc1. The fourth-order valence-electron chi connectivity index (χ4n) is 2.13. The van der Waals surface area contributed by atoms with Crippen molar-refractivity contribution in [3.8, 4) is 11.5 Å². The highest BCUT2D eigenvalue weighted by molar-refractivity contribution is 5.47. The maximum absolute atomic E-state index is 9.21. The highest BCUT2D eigenvalue weighted by atomic mass is 16.5. The third kappa shape index (κ3) is 2.25. The fraction of sp³-hybridized carbons (Fsp3) is 0.200. The Balaban J connectivity index is 1.68. The number of benzene rings is 2. The van der Waals surface area contributed by atoms with Crippen LogP contribution >= 0.6 is 0 Å². The fourth-order valence-corrected chi connectivity index (χ4v) is 2.13. The Morgan fingerprint density at radius 1 is 1.11 bits per heavy atom. The van der Waals surface area contributed by atoms with Crippen molar-refractivity contribution >= 4 is 5.69 Å². The molecule has 0 spiro atoms. The van der Waals surface area contributed by atoms with Gasteiger partial charge in [0.15, 0.2) is 0 Å². The summed E-state index contributed by atoms with van der Waals surface area (Å²) in [4.78, 5) is 0. The molecule has 0 radical (unpaired) electrons. The number of rotatable bonds is 3. The number of nitrogens with one attached hydrogen (secondary N) is 1. The van der Waals surface area contributed by atoms with Crippen LogP contribution in [0.15, 0.2) is 42.5 Å². The summed E-state index contributed by atoms with van der Waals surface area (Å²) in [6.45, 7) is 1.57. The number of phenols is 1. The smallest absolute Gasteiger partial charge is 0.122 e. The van der Waals surface area contributed by atoms with E-state index in [0.717, 1.165) is 31.0 Å². The van der Waals surface area contributed by atoms with E-state index in [1.165, 1.54) is 11.1 Å². The van der Waals surface area contributed by atoms with Crippen molar-refractivity contribution in [1.82, 2.24) is 0 Å². The number of fused-ring (bicyclic) bond motifs is 1. The average Bonchev–Trinajstić information content (AvgIpc) is 2.85. The van der Waals surface area contributed by atoms with Crippen LogP contribution in [0.2, 0.25) is 0 Å². The third-order valence-electron chi connectivity index (χ3n) is 3.12. The second-order valence-electron chi connectivity index (χ2n) is 4.44. The second kappa shape index (κ2) is 4.61. The molecule has 0 atom stereocenters. The highest BCUT2D eigenvalue weighted by Crippen LogP contribution is 2.26. The minimum Gasteiger partial charge on any atom is -0.508 e. The largest absolute Gasteiger partial charge is 0.508 e. The van der Waals surface area contributed by atoms with Crippen LogP contribution in [0, 0.1) is 0 Å². The lowest BCUT2D eigenvalue weighted by Gasteiger charge is -2.08. The Morgan fingerprint density at radius 2 is 1.94 bits per heavy atom. The molecule has 1 heterocycles. The first-order valence-corrected chi connectivity index (χ1v) is 6.09. The Kier molecular flexibility index (Phi) is 2.81. The van der Waals surface area contributed by atoms with Crippen LogP contribution in [-0.2, 0) is 13.0 Å². The molecule has 2 aromatic rings. The van der Waals surface area contributed by atoms with E-state index in [2.05, 4.69) is 17.4 Å². The van der Waals surface area contributed by atoms with E-state index in [1.54, 1.807) is 12.1 Å². The molecule has 2 aromatic carbocycles. The Bertz CT molecular complexity index is 549. The van der Waals surface area contributed by atoms with Crippen molar-refractivity contribution in [2.75, 3.05) is 11.9 Å². The molecule has 0 aliphatic carbocycles. The van der Waals surface area contributed by atoms with Crippen molar-refractivity contribution in [2.24, 2.45) is 0 Å². The molecule has 0 saturated carbocycles. The molecule has 0 amide bonds. The van der Waals surface area contributed by atoms with E-state index >= 15 is 0 Å². The quantitative estimate of drug-likeness (QED) is 0.812. The molecule has 0 bridgehead atoms. The van der Waals surface area contributed by atoms with Crippen molar-refractivity contribution < 1.29 is 9.84 Å². The van der Waals surface area contributed by atoms with Gasteiger partial charge in [0.25, 0.3) is 0 Å². The van der Waals surface area contributed by atoms with E-state index in [9.17, 15) is 5.11 Å². The molecule has 3 nitrogen and oxygen atoms in total. The van der Waals surface area contributed by atoms with Gasteiger partial charge in [0.05, 0.1) is 6.61 Å². The van der Waals surface area contributed by atoms with Crippen LogP contribution in [0.25, 0.3) is 0 Å². The van der Waals surface area contributed by atoms with Crippen molar-refractivity contribution in [1.29, 1.82) is 0 Å². The Labute approximate surface area is 106 Å². The van der Waals surface area contributed by atoms with Crippen LogP contribution in [-0.4, -0.2) is 11.7 Å². The lowest BCUT2D eigenvalue weighted by molar-refractivity contribution is 0.357. The normalized spacial score (nSPS) is 12.9. The van der Waals surface area contributed by atoms with Gasteiger partial charge in [0, 0.05) is 18.7 Å². The van der Waals surface area contributed by atoms with Crippen LogP contribution in [0.1, 0.15) is 11.1 Å². The molecule has 0 aromatic heterocycles. The predicted octanol–water partition coefficient (Wildman–Crippen LogP) is 2.94. The van der Waals surface area contributed by atoms with E-state index < -0.39 is 0 Å². The van der Waals surface area contributed by atoms with Gasteiger partial charge in [-0.05, 0) is 41.5 Å². The highest BCUT2D eigenvalue weighted by Gasteiger charge is 2.11. The second-order valence-corrected chi connectivity index (χ2v) is 4.44. The molecule has 92 valence electrons. The van der Waals surface area contributed by atoms with Crippen molar-refractivity contribution in [3.05, 3.63) is 53.6 Å². The van der Waals surface area contributed by atoms with E-state index in [1.807, 2.05) is 18.2 Å². The van der Waals surface area contributed by atoms with Crippen LogP contribution < -0.4 is 10.1 Å². The van der Waals surface area contributed by atoms with Crippen LogP contribution in [0.3, 0.4) is 0 Å². The summed E-state index contributed by atoms with van der Waals surface area (Å²) in [5, 5.41) is 12.5. The van der Waals surface area contributed by atoms with Crippen LogP contribution in [0.5, 0.6) is 11.5 Å². The molecule has 1 aliphatic heterocycles. The molecule has 1 aliphatic rings. The minimum atomic E-state index is 0.287. The molecular formula is C15H15NO2. The van der Waals surface area contributed by atoms with Crippen molar-refractivity contribution in [2.45, 2.75) is 13.0 Å². The third-order valence-corrected chi connectivity index (χ3v) is 3.12. The van der Waals surface area contributed by atoms with Gasteiger partial charge in [-0.15, -0.1) is 0 Å². The molecule has 0 unspecified atom stereocenters. The number of anilines is 1. The zero-order valence-electron chi connectivity index (χ0n) is 10.0. The van der Waals surface area contributed by atoms with E-state index in [0.29, 0.717) is 0 Å². The standard InChI is InChI=1S/C15H15NO2/c17-14-4-2-13(3-5-14)16-10-11-1-6-15-12(9-11)7-8-18-15/h1-6,9,16-17H,7-8,10H2. The summed E-state index contributed by atoms with van der Waals surface area (Å²) in [6, 6.07) is 13.4. The summed E-state index contributed by atoms with van der Waals surface area (Å²) in [5.74, 6) is 1.30. The number of phenolic OH excluding ortho intramolecular Hbond substituents is 1. The average molecular weight is 241 g/mol. The summed E-state index contributed by atoms with van der Waals surface area (Å²) in [5.41, 5.74) is 3.54. The lowest BCUT2D eigenvalue weighted by Crippen LogP contribution is -1.99. The van der Waals surface area contributed by atoms with Gasteiger partial charge < -0.3 is 15.2 Å². The molecule has 3 heteroatoms. The van der Waals surface area contributed by atoms with Gasteiger partial charge in [0.1, 0.15) is 11.5 Å². The number of aromatic hydroxyl groups is 1. The first-order chi connectivity index (χ1) is 8.81. The Hall–Kier alpha value is -2.16. The number of hydrogen-bond donors (Lipinski definition) is 2. The van der Waals surface area contributed by atoms with E-state index in [-0.39, 0.29) is 5.75 Å². The molecule has 2 N–H and O–H groups in total. The van der Waals surface area contributed by atoms with Crippen molar-refractivity contribution in [3.63, 3.8) is 0 Å². The maximum Gasteiger partial charge on any atom is 0.122 e. The van der Waals surface area contributed by atoms with Gasteiger partial charge in [0.2, 0.25) is 0 Å². The summed E-state index contributed by atoms with van der Waals surface area (Å²) >= 11 is 0. The van der Waals surface area contributed by atoms with Gasteiger partial charge in [-0.25, -0.2) is 0 Å². The molecule has 0 fully saturated rings. The Morgan fingerprint density at radius 3 is 2.78 bits per heavy atom. The molecule has 0 saturated heterocycles. The number of ether oxygens (including phenoxy) is 1. The van der Waals surface area contributed by atoms with Gasteiger partial charge in [-0.2, -0.15) is 0 Å². The number of hydrogen-bond acceptors (Lipinski definition) is 3.